The first-order chi connectivity index (χ1) is 11.1. The predicted octanol–water partition coefficient (Wildman–Crippen LogP) is 3.59. The van der Waals surface area contributed by atoms with Crippen molar-refractivity contribution in [2.75, 3.05) is 13.6 Å². The smallest absolute Gasteiger partial charge is 0.191 e. The summed E-state index contributed by atoms with van der Waals surface area (Å²) in [6.45, 7) is 3.56. The molecular weight excluding hydrogens is 309 g/mol. The van der Waals surface area contributed by atoms with E-state index in [0.29, 0.717) is 6.54 Å². The number of rotatable bonds is 5. The van der Waals surface area contributed by atoms with Gasteiger partial charge in [-0.15, -0.1) is 11.3 Å². The molecule has 1 fully saturated rings. The van der Waals surface area contributed by atoms with Crippen LogP contribution in [0.4, 0.5) is 4.39 Å². The summed E-state index contributed by atoms with van der Waals surface area (Å²) in [7, 11) is 1.76. The van der Waals surface area contributed by atoms with E-state index in [1.54, 1.807) is 30.5 Å². The molecule has 1 heterocycles. The number of halogens is 1. The van der Waals surface area contributed by atoms with E-state index >= 15 is 0 Å². The summed E-state index contributed by atoms with van der Waals surface area (Å²) >= 11 is 1.78. The Labute approximate surface area is 140 Å². The Morgan fingerprint density at radius 2 is 2.00 bits per heavy atom. The lowest BCUT2D eigenvalue weighted by molar-refractivity contribution is 0.560. The standard InChI is InChI=1S/C18H22FN3S/c1-13-7-8-14(23-13)11-21-17(20-2)22-12-18(9-10-18)15-5-3-4-6-16(15)19/h3-8H,9-12H2,1-2H3,(H2,20,21,22). The highest BCUT2D eigenvalue weighted by Gasteiger charge is 2.45. The topological polar surface area (TPSA) is 36.4 Å². The van der Waals surface area contributed by atoms with Gasteiger partial charge in [0.25, 0.3) is 0 Å². The summed E-state index contributed by atoms with van der Waals surface area (Å²) in [6.07, 6.45) is 2.03. The second-order valence-corrected chi connectivity index (χ2v) is 7.42. The minimum absolute atomic E-state index is 0.0809. The first-order valence-electron chi connectivity index (χ1n) is 7.88. The molecule has 1 aromatic heterocycles. The molecule has 0 unspecified atom stereocenters. The van der Waals surface area contributed by atoms with Crippen LogP contribution < -0.4 is 10.6 Å². The molecule has 1 aliphatic rings. The van der Waals surface area contributed by atoms with Gasteiger partial charge in [0.15, 0.2) is 5.96 Å². The van der Waals surface area contributed by atoms with Crippen molar-refractivity contribution in [3.05, 3.63) is 57.5 Å². The molecule has 2 N–H and O–H groups in total. The van der Waals surface area contributed by atoms with Crippen LogP contribution in [0.25, 0.3) is 0 Å². The zero-order valence-corrected chi connectivity index (χ0v) is 14.3. The second kappa shape index (κ2) is 6.71. The Balaban J connectivity index is 1.57. The van der Waals surface area contributed by atoms with E-state index in [9.17, 15) is 4.39 Å². The van der Waals surface area contributed by atoms with Gasteiger partial charge >= 0.3 is 0 Å². The van der Waals surface area contributed by atoms with Crippen LogP contribution in [-0.4, -0.2) is 19.6 Å². The van der Waals surface area contributed by atoms with Crippen LogP contribution in [0.15, 0.2) is 41.4 Å². The summed E-state index contributed by atoms with van der Waals surface area (Å²) in [4.78, 5) is 6.85. The molecule has 0 spiro atoms. The summed E-state index contributed by atoms with van der Waals surface area (Å²) in [5.74, 6) is 0.655. The highest BCUT2D eigenvalue weighted by atomic mass is 32.1. The van der Waals surface area contributed by atoms with E-state index in [0.717, 1.165) is 30.9 Å². The predicted molar refractivity (Wildman–Crippen MR) is 94.6 cm³/mol. The molecule has 3 rings (SSSR count). The maximum atomic E-state index is 14.0. The van der Waals surface area contributed by atoms with Crippen molar-refractivity contribution in [2.45, 2.75) is 31.7 Å². The fourth-order valence-corrected chi connectivity index (χ4v) is 3.64. The average molecular weight is 331 g/mol. The van der Waals surface area contributed by atoms with Gasteiger partial charge in [0.05, 0.1) is 6.54 Å². The monoisotopic (exact) mass is 331 g/mol. The van der Waals surface area contributed by atoms with Gasteiger partial charge < -0.3 is 10.6 Å². The highest BCUT2D eigenvalue weighted by Crippen LogP contribution is 2.48. The van der Waals surface area contributed by atoms with E-state index in [1.807, 2.05) is 12.1 Å². The van der Waals surface area contributed by atoms with Gasteiger partial charge in [-0.3, -0.25) is 4.99 Å². The lowest BCUT2D eigenvalue weighted by Gasteiger charge is -2.19. The van der Waals surface area contributed by atoms with Crippen molar-refractivity contribution >= 4 is 17.3 Å². The number of nitrogens with one attached hydrogen (secondary N) is 2. The first kappa shape index (κ1) is 16.0. The molecule has 1 aromatic carbocycles. The Morgan fingerprint density at radius 1 is 1.22 bits per heavy atom. The van der Waals surface area contributed by atoms with Crippen LogP contribution in [-0.2, 0) is 12.0 Å². The van der Waals surface area contributed by atoms with Crippen molar-refractivity contribution in [3.63, 3.8) is 0 Å². The third-order valence-corrected chi connectivity index (χ3v) is 5.34. The van der Waals surface area contributed by atoms with E-state index in [2.05, 4.69) is 34.7 Å². The van der Waals surface area contributed by atoms with Crippen LogP contribution >= 0.6 is 11.3 Å². The minimum Gasteiger partial charge on any atom is -0.356 e. The van der Waals surface area contributed by atoms with E-state index in [1.165, 1.54) is 9.75 Å². The van der Waals surface area contributed by atoms with Gasteiger partial charge in [-0.05, 0) is 43.5 Å². The van der Waals surface area contributed by atoms with E-state index < -0.39 is 0 Å². The van der Waals surface area contributed by atoms with Crippen LogP contribution in [0, 0.1) is 12.7 Å². The number of guanidine groups is 1. The molecule has 122 valence electrons. The lowest BCUT2D eigenvalue weighted by Crippen LogP contribution is -2.41. The van der Waals surface area contributed by atoms with Gasteiger partial charge in [0, 0.05) is 28.8 Å². The number of benzene rings is 1. The van der Waals surface area contributed by atoms with Crippen molar-refractivity contribution in [2.24, 2.45) is 4.99 Å². The Morgan fingerprint density at radius 3 is 2.61 bits per heavy atom. The van der Waals surface area contributed by atoms with Gasteiger partial charge in [0.1, 0.15) is 5.82 Å². The molecule has 1 aliphatic carbocycles. The third kappa shape index (κ3) is 3.72. The van der Waals surface area contributed by atoms with Gasteiger partial charge in [-0.1, -0.05) is 18.2 Å². The fourth-order valence-electron chi connectivity index (χ4n) is 2.81. The van der Waals surface area contributed by atoms with E-state index in [4.69, 9.17) is 0 Å². The second-order valence-electron chi connectivity index (χ2n) is 6.05. The van der Waals surface area contributed by atoms with Crippen molar-refractivity contribution < 1.29 is 4.39 Å². The zero-order chi connectivity index (χ0) is 16.3. The minimum atomic E-state index is -0.108. The Kier molecular flexibility index (Phi) is 4.66. The Hall–Kier alpha value is -1.88. The molecule has 0 atom stereocenters. The van der Waals surface area contributed by atoms with Crippen molar-refractivity contribution in [1.82, 2.24) is 10.6 Å². The lowest BCUT2D eigenvalue weighted by atomic mass is 9.95. The third-order valence-electron chi connectivity index (χ3n) is 4.34. The van der Waals surface area contributed by atoms with Crippen LogP contribution in [0.5, 0.6) is 0 Å². The summed E-state index contributed by atoms with van der Waals surface area (Å²) in [5.41, 5.74) is 0.736. The first-order valence-corrected chi connectivity index (χ1v) is 8.69. The van der Waals surface area contributed by atoms with Crippen molar-refractivity contribution in [3.8, 4) is 0 Å². The molecule has 0 bridgehead atoms. The SMILES string of the molecule is CN=C(NCc1ccc(C)s1)NCC1(c2ccccc2F)CC1. The van der Waals surface area contributed by atoms with Gasteiger partial charge in [-0.2, -0.15) is 0 Å². The average Bonchev–Trinajstić information content (AvgIpc) is 3.22. The number of hydrogen-bond acceptors (Lipinski definition) is 2. The number of thiophene rings is 1. The van der Waals surface area contributed by atoms with Gasteiger partial charge in [-0.25, -0.2) is 4.39 Å². The maximum Gasteiger partial charge on any atom is 0.191 e. The molecular formula is C18H22FN3S. The largest absolute Gasteiger partial charge is 0.356 e. The van der Waals surface area contributed by atoms with Crippen LogP contribution in [0.1, 0.15) is 28.2 Å². The summed E-state index contributed by atoms with van der Waals surface area (Å²) in [5, 5.41) is 6.67. The molecule has 0 radical (unpaired) electrons. The molecule has 23 heavy (non-hydrogen) atoms. The summed E-state index contributed by atoms with van der Waals surface area (Å²) < 4.78 is 14.0. The fraction of sp³-hybridized carbons (Fsp3) is 0.389. The molecule has 2 aromatic rings. The van der Waals surface area contributed by atoms with Crippen LogP contribution in [0.3, 0.4) is 0 Å². The van der Waals surface area contributed by atoms with Crippen LogP contribution in [0.2, 0.25) is 0 Å². The number of aryl methyl sites for hydroxylation is 1. The Bertz CT molecular complexity index is 704. The molecule has 0 aliphatic heterocycles. The molecule has 1 saturated carbocycles. The molecule has 0 amide bonds. The van der Waals surface area contributed by atoms with Crippen molar-refractivity contribution in [1.29, 1.82) is 0 Å². The normalized spacial score (nSPS) is 16.2. The number of hydrogen-bond donors (Lipinski definition) is 2. The molecule has 0 saturated heterocycles. The van der Waals surface area contributed by atoms with Gasteiger partial charge in [0.2, 0.25) is 0 Å². The highest BCUT2D eigenvalue weighted by molar-refractivity contribution is 7.11. The number of nitrogens with zero attached hydrogens (tertiary/aromatic N) is 1. The maximum absolute atomic E-state index is 14.0. The summed E-state index contributed by atoms with van der Waals surface area (Å²) in [6, 6.07) is 11.3. The zero-order valence-electron chi connectivity index (χ0n) is 13.5. The van der Waals surface area contributed by atoms with E-state index in [-0.39, 0.29) is 11.2 Å². The quantitative estimate of drug-likeness (QED) is 0.649. The molecule has 5 heteroatoms. The number of aliphatic imine (C=N–C) groups is 1. The molecule has 3 nitrogen and oxygen atoms in total.